The number of rotatable bonds is 5. The molecule has 5 heteroatoms. The molecule has 0 aliphatic heterocycles. The van der Waals surface area contributed by atoms with Crippen LogP contribution in [0.25, 0.3) is 0 Å². The minimum Gasteiger partial charge on any atom is -0.350 e. The van der Waals surface area contributed by atoms with Gasteiger partial charge in [0.1, 0.15) is 0 Å². The van der Waals surface area contributed by atoms with E-state index in [1.165, 1.54) is 37.0 Å². The highest BCUT2D eigenvalue weighted by Gasteiger charge is 2.13. The molecule has 96 valence electrons. The van der Waals surface area contributed by atoms with Crippen LogP contribution in [0.5, 0.6) is 0 Å². The summed E-state index contributed by atoms with van der Waals surface area (Å²) in [5, 5.41) is 8.31. The lowest BCUT2D eigenvalue weighted by atomic mass is 10.2. The van der Waals surface area contributed by atoms with Gasteiger partial charge in [-0.2, -0.15) is 0 Å². The van der Waals surface area contributed by atoms with Crippen molar-refractivity contribution in [1.29, 1.82) is 0 Å². The summed E-state index contributed by atoms with van der Waals surface area (Å²) in [7, 11) is 0. The van der Waals surface area contributed by atoms with E-state index >= 15 is 0 Å². The van der Waals surface area contributed by atoms with Crippen LogP contribution in [0.15, 0.2) is 17.5 Å². The Morgan fingerprint density at radius 2 is 2.12 bits per heavy atom. The molecule has 0 bridgehead atoms. The van der Waals surface area contributed by atoms with Crippen molar-refractivity contribution in [2.45, 2.75) is 31.7 Å². The predicted octanol–water partition coefficient (Wildman–Crippen LogP) is 2.43. The number of thiophene rings is 1. The highest BCUT2D eigenvalue weighted by atomic mass is 35.5. The van der Waals surface area contributed by atoms with E-state index in [1.807, 2.05) is 17.5 Å². The monoisotopic (exact) mass is 274 g/mol. The van der Waals surface area contributed by atoms with E-state index in [9.17, 15) is 4.79 Å². The van der Waals surface area contributed by atoms with Gasteiger partial charge in [-0.25, -0.2) is 0 Å². The molecule has 0 spiro atoms. The standard InChI is InChI=1S/C12H18N2OS.ClH/c15-12(11-6-3-9-16-11)14-8-7-13-10-4-1-2-5-10;/h3,6,9-10,13H,1-2,4-5,7-8H2,(H,14,15);1H. The normalized spacial score (nSPS) is 15.5. The van der Waals surface area contributed by atoms with Crippen LogP contribution in [0.4, 0.5) is 0 Å². The Kier molecular flexibility index (Phi) is 6.55. The molecule has 3 nitrogen and oxygen atoms in total. The van der Waals surface area contributed by atoms with Crippen molar-refractivity contribution in [3.8, 4) is 0 Å². The number of nitrogens with one attached hydrogen (secondary N) is 2. The van der Waals surface area contributed by atoms with Crippen molar-refractivity contribution in [3.05, 3.63) is 22.4 Å². The first-order valence-corrected chi connectivity index (χ1v) is 6.79. The van der Waals surface area contributed by atoms with E-state index in [0.29, 0.717) is 12.6 Å². The van der Waals surface area contributed by atoms with Gasteiger partial charge in [0.05, 0.1) is 4.88 Å². The fourth-order valence-electron chi connectivity index (χ4n) is 2.08. The van der Waals surface area contributed by atoms with Gasteiger partial charge in [0.2, 0.25) is 0 Å². The summed E-state index contributed by atoms with van der Waals surface area (Å²) in [6, 6.07) is 4.43. The summed E-state index contributed by atoms with van der Waals surface area (Å²) in [6.07, 6.45) is 5.27. The van der Waals surface area contributed by atoms with Gasteiger partial charge in [0.15, 0.2) is 0 Å². The second-order valence-corrected chi connectivity index (χ2v) is 5.12. The predicted molar refractivity (Wildman–Crippen MR) is 74.2 cm³/mol. The quantitative estimate of drug-likeness (QED) is 0.810. The van der Waals surface area contributed by atoms with Gasteiger partial charge in [-0.3, -0.25) is 4.79 Å². The molecular weight excluding hydrogens is 256 g/mol. The zero-order valence-corrected chi connectivity index (χ0v) is 11.4. The van der Waals surface area contributed by atoms with Crippen LogP contribution in [0.2, 0.25) is 0 Å². The summed E-state index contributed by atoms with van der Waals surface area (Å²) in [6.45, 7) is 1.59. The fraction of sp³-hybridized carbons (Fsp3) is 0.583. The molecule has 0 aromatic carbocycles. The first kappa shape index (κ1) is 14.5. The van der Waals surface area contributed by atoms with Gasteiger partial charge in [0, 0.05) is 19.1 Å². The molecule has 0 atom stereocenters. The minimum atomic E-state index is 0. The maximum Gasteiger partial charge on any atom is 0.261 e. The second kappa shape index (κ2) is 7.69. The highest BCUT2D eigenvalue weighted by Crippen LogP contribution is 2.17. The Morgan fingerprint density at radius 3 is 2.76 bits per heavy atom. The lowest BCUT2D eigenvalue weighted by molar-refractivity contribution is 0.0957. The molecule has 2 N–H and O–H groups in total. The van der Waals surface area contributed by atoms with Crippen LogP contribution in [0.3, 0.4) is 0 Å². The summed E-state index contributed by atoms with van der Waals surface area (Å²) in [5.41, 5.74) is 0. The first-order chi connectivity index (χ1) is 7.86. The number of amides is 1. The molecular formula is C12H19ClN2OS. The molecule has 1 aliphatic carbocycles. The first-order valence-electron chi connectivity index (χ1n) is 5.91. The van der Waals surface area contributed by atoms with Crippen molar-refractivity contribution in [2.24, 2.45) is 0 Å². The molecule has 1 heterocycles. The molecule has 1 aromatic heterocycles. The maximum atomic E-state index is 11.6. The van der Waals surface area contributed by atoms with Crippen LogP contribution in [-0.4, -0.2) is 25.0 Å². The SMILES string of the molecule is Cl.O=C(NCCNC1CCCC1)c1cccs1. The molecule has 1 aliphatic rings. The lowest BCUT2D eigenvalue weighted by Crippen LogP contribution is -2.35. The van der Waals surface area contributed by atoms with E-state index < -0.39 is 0 Å². The molecule has 0 radical (unpaired) electrons. The molecule has 1 saturated carbocycles. The number of carbonyl (C=O) groups is 1. The van der Waals surface area contributed by atoms with Crippen LogP contribution in [-0.2, 0) is 0 Å². The van der Waals surface area contributed by atoms with E-state index in [-0.39, 0.29) is 18.3 Å². The molecule has 17 heavy (non-hydrogen) atoms. The Morgan fingerprint density at radius 1 is 1.35 bits per heavy atom. The molecule has 0 saturated heterocycles. The van der Waals surface area contributed by atoms with E-state index in [4.69, 9.17) is 0 Å². The topological polar surface area (TPSA) is 41.1 Å². The molecule has 1 aromatic rings. The summed E-state index contributed by atoms with van der Waals surface area (Å²) < 4.78 is 0. The smallest absolute Gasteiger partial charge is 0.261 e. The maximum absolute atomic E-state index is 11.6. The van der Waals surface area contributed by atoms with Crippen LogP contribution in [0, 0.1) is 0 Å². The second-order valence-electron chi connectivity index (χ2n) is 4.17. The van der Waals surface area contributed by atoms with E-state index in [1.54, 1.807) is 0 Å². The average Bonchev–Trinajstić information content (AvgIpc) is 2.96. The van der Waals surface area contributed by atoms with Gasteiger partial charge < -0.3 is 10.6 Å². The van der Waals surface area contributed by atoms with Crippen LogP contribution in [0.1, 0.15) is 35.4 Å². The van der Waals surface area contributed by atoms with E-state index in [2.05, 4.69) is 10.6 Å². The summed E-state index contributed by atoms with van der Waals surface area (Å²) >= 11 is 1.48. The number of carbonyl (C=O) groups excluding carboxylic acids is 1. The minimum absolute atomic E-state index is 0. The van der Waals surface area contributed by atoms with Crippen molar-refractivity contribution in [3.63, 3.8) is 0 Å². The Bertz CT molecular complexity index is 323. The number of hydrogen-bond acceptors (Lipinski definition) is 3. The van der Waals surface area contributed by atoms with Crippen LogP contribution >= 0.6 is 23.7 Å². The fourth-order valence-corrected chi connectivity index (χ4v) is 2.72. The Balaban J connectivity index is 0.00000144. The van der Waals surface area contributed by atoms with Gasteiger partial charge in [-0.1, -0.05) is 18.9 Å². The zero-order chi connectivity index (χ0) is 11.2. The largest absolute Gasteiger partial charge is 0.350 e. The molecule has 2 rings (SSSR count). The Hall–Kier alpha value is -0.580. The van der Waals surface area contributed by atoms with Crippen molar-refractivity contribution in [2.75, 3.05) is 13.1 Å². The third kappa shape index (κ3) is 4.66. The lowest BCUT2D eigenvalue weighted by Gasteiger charge is -2.11. The molecule has 0 unspecified atom stereocenters. The van der Waals surface area contributed by atoms with Gasteiger partial charge in [-0.05, 0) is 24.3 Å². The highest BCUT2D eigenvalue weighted by molar-refractivity contribution is 7.12. The third-order valence-corrected chi connectivity index (χ3v) is 3.81. The van der Waals surface area contributed by atoms with Crippen LogP contribution < -0.4 is 10.6 Å². The van der Waals surface area contributed by atoms with Gasteiger partial charge in [0.25, 0.3) is 5.91 Å². The number of hydrogen-bond donors (Lipinski definition) is 2. The third-order valence-electron chi connectivity index (χ3n) is 2.94. The summed E-state index contributed by atoms with van der Waals surface area (Å²) in [4.78, 5) is 12.4. The Labute approximate surface area is 112 Å². The zero-order valence-electron chi connectivity index (χ0n) is 9.78. The molecule has 1 amide bonds. The van der Waals surface area contributed by atoms with Gasteiger partial charge in [-0.15, -0.1) is 23.7 Å². The van der Waals surface area contributed by atoms with E-state index in [0.717, 1.165) is 11.4 Å². The van der Waals surface area contributed by atoms with Crippen molar-refractivity contribution >= 4 is 29.7 Å². The number of halogens is 1. The molecule has 1 fully saturated rings. The average molecular weight is 275 g/mol. The van der Waals surface area contributed by atoms with Crippen molar-refractivity contribution < 1.29 is 4.79 Å². The summed E-state index contributed by atoms with van der Waals surface area (Å²) in [5.74, 6) is 0.0446. The van der Waals surface area contributed by atoms with Crippen molar-refractivity contribution in [1.82, 2.24) is 10.6 Å². The van der Waals surface area contributed by atoms with Gasteiger partial charge >= 0.3 is 0 Å².